The van der Waals surface area contributed by atoms with Crippen molar-refractivity contribution in [2.45, 2.75) is 83.5 Å². The molecule has 18 heteroatoms. The number of fused-ring (bicyclic) bond motifs is 2. The van der Waals surface area contributed by atoms with Gasteiger partial charge in [0.2, 0.25) is 5.75 Å². The van der Waals surface area contributed by atoms with E-state index in [9.17, 15) is 30.0 Å². The van der Waals surface area contributed by atoms with Crippen molar-refractivity contribution in [3.63, 3.8) is 0 Å². The van der Waals surface area contributed by atoms with Crippen molar-refractivity contribution in [3.8, 4) is 46.0 Å². The van der Waals surface area contributed by atoms with Crippen LogP contribution in [-0.2, 0) is 64.8 Å². The van der Waals surface area contributed by atoms with Gasteiger partial charge in [0.15, 0.2) is 34.5 Å². The van der Waals surface area contributed by atoms with Gasteiger partial charge in [-0.05, 0) is 52.6 Å². The van der Waals surface area contributed by atoms with E-state index < -0.39 is 11.9 Å². The third-order valence-corrected chi connectivity index (χ3v) is 14.8. The average Bonchev–Trinajstić information content (AvgIpc) is 3.41. The Morgan fingerprint density at radius 1 is 0.521 bits per heavy atom. The number of ether oxygens (including phenoxy) is 10. The van der Waals surface area contributed by atoms with E-state index in [0.29, 0.717) is 123 Å². The van der Waals surface area contributed by atoms with Crippen molar-refractivity contribution >= 4 is 11.9 Å². The molecule has 0 fully saturated rings. The van der Waals surface area contributed by atoms with Gasteiger partial charge in [0.1, 0.15) is 17.8 Å². The van der Waals surface area contributed by atoms with Crippen LogP contribution in [0.25, 0.3) is 0 Å². The summed E-state index contributed by atoms with van der Waals surface area (Å²) in [5.41, 5.74) is 7.89. The number of rotatable bonds is 26. The summed E-state index contributed by atoms with van der Waals surface area (Å²) in [7, 11) is 16.8. The van der Waals surface area contributed by atoms with Gasteiger partial charge >= 0.3 is 11.9 Å². The molecule has 0 amide bonds. The molecule has 2 aliphatic heterocycles. The average molecular weight is 1020 g/mol. The molecule has 73 heavy (non-hydrogen) atoms. The third-order valence-electron chi connectivity index (χ3n) is 14.8. The molecule has 18 nitrogen and oxygen atoms in total. The fraction of sp³-hybridized carbons (Fsp3) is 0.527. The normalized spacial score (nSPS) is 19.0. The van der Waals surface area contributed by atoms with Crippen molar-refractivity contribution in [2.75, 3.05) is 110 Å². The summed E-state index contributed by atoms with van der Waals surface area (Å²) in [6, 6.07) is 11.1. The zero-order valence-corrected chi connectivity index (χ0v) is 44.2. The Hall–Kier alpha value is -6.02. The second-order valence-electron chi connectivity index (χ2n) is 19.0. The summed E-state index contributed by atoms with van der Waals surface area (Å²) >= 11 is 0. The predicted molar refractivity (Wildman–Crippen MR) is 270 cm³/mol. The summed E-state index contributed by atoms with van der Waals surface area (Å²) in [6.07, 6.45) is 2.70. The molecule has 0 radical (unpaired) electrons. The number of hydrogen-bond donors (Lipinski definition) is 4. The SMILES string of the molecule is COc1cc(CC2c3c(cc(OC)c(OC)c3OC)CC[N+]2(C)CCCOC(=O)CCC(=O)OCCC[N+]2(C)CCc3cc(CO)c(CO)c(OC)c3C2c2cc(CO)c(OC)c(OC)c2)cc(CO)c1OC. The van der Waals surface area contributed by atoms with E-state index in [1.165, 1.54) is 14.2 Å². The molecule has 2 heterocycles. The topological polar surface area (TPSA) is 207 Å². The first-order chi connectivity index (χ1) is 35.2. The standard InChI is InChI=1S/C55H76N2O16/c1-56(19-15-36-28-45(66-5)54(70-9)55(71-10)48(36)42(56)24-34-23-39(31-59)51(67-6)43(25-34)64-3)17-11-21-72-46(62)13-14-47(63)73-22-12-18-57(2)20-16-35-26-38(30-58)41(33-61)53(69-8)49(35)50(57)37-27-40(32-60)52(68-7)44(29-37)65-4/h23,25-29,42,50,58-61H,11-22,24,30-33H2,1-10H3/q+2. The fourth-order valence-corrected chi connectivity index (χ4v) is 11.2. The molecule has 0 saturated heterocycles. The molecule has 0 bridgehead atoms. The molecule has 2 aliphatic rings. The zero-order chi connectivity index (χ0) is 53.0. The highest BCUT2D eigenvalue weighted by Gasteiger charge is 2.45. The van der Waals surface area contributed by atoms with E-state index in [0.717, 1.165) is 46.3 Å². The van der Waals surface area contributed by atoms with Crippen molar-refractivity contribution < 1.29 is 86.3 Å². The van der Waals surface area contributed by atoms with Gasteiger partial charge in [-0.1, -0.05) is 6.07 Å². The molecule has 4 aromatic rings. The number of methoxy groups -OCH3 is 8. The monoisotopic (exact) mass is 1020 g/mol. The molecule has 6 rings (SSSR count). The van der Waals surface area contributed by atoms with Crippen LogP contribution in [0, 0.1) is 0 Å². The van der Waals surface area contributed by atoms with Gasteiger partial charge in [-0.3, -0.25) is 9.59 Å². The van der Waals surface area contributed by atoms with Crippen LogP contribution in [0.5, 0.6) is 46.0 Å². The summed E-state index contributed by atoms with van der Waals surface area (Å²) in [6.45, 7) is 1.81. The molecular weight excluding hydrogens is 945 g/mol. The lowest BCUT2D eigenvalue weighted by atomic mass is 9.82. The zero-order valence-electron chi connectivity index (χ0n) is 44.2. The van der Waals surface area contributed by atoms with Crippen molar-refractivity contribution in [1.29, 1.82) is 0 Å². The third kappa shape index (κ3) is 11.8. The van der Waals surface area contributed by atoms with Gasteiger partial charge in [-0.2, -0.15) is 0 Å². The first-order valence-electron chi connectivity index (χ1n) is 24.7. The Kier molecular flexibility index (Phi) is 19.5. The maximum absolute atomic E-state index is 13.1. The minimum absolute atomic E-state index is 0.118. The van der Waals surface area contributed by atoms with Gasteiger partial charge in [0.25, 0.3) is 0 Å². The van der Waals surface area contributed by atoms with Gasteiger partial charge in [-0.25, -0.2) is 0 Å². The minimum Gasteiger partial charge on any atom is -0.496 e. The summed E-state index contributed by atoms with van der Waals surface area (Å²) in [5.74, 6) is 3.02. The van der Waals surface area contributed by atoms with Crippen LogP contribution in [0.3, 0.4) is 0 Å². The smallest absolute Gasteiger partial charge is 0.306 e. The number of aliphatic hydroxyl groups is 4. The number of quaternary nitrogens is 2. The van der Waals surface area contributed by atoms with Crippen LogP contribution >= 0.6 is 0 Å². The van der Waals surface area contributed by atoms with E-state index >= 15 is 0 Å². The van der Waals surface area contributed by atoms with Gasteiger partial charge < -0.3 is 76.8 Å². The highest BCUT2D eigenvalue weighted by molar-refractivity contribution is 5.77. The second-order valence-corrected chi connectivity index (χ2v) is 19.0. The predicted octanol–water partition coefficient (Wildman–Crippen LogP) is 5.45. The number of nitrogens with zero attached hydrogens (tertiary/aromatic N) is 2. The molecule has 4 N–H and O–H groups in total. The summed E-state index contributed by atoms with van der Waals surface area (Å²) < 4.78 is 58.6. The molecule has 0 spiro atoms. The van der Waals surface area contributed by atoms with Gasteiger partial charge in [0.05, 0.1) is 161 Å². The maximum atomic E-state index is 13.1. The Bertz CT molecular complexity index is 2520. The lowest BCUT2D eigenvalue weighted by molar-refractivity contribution is -0.941. The van der Waals surface area contributed by atoms with E-state index in [4.69, 9.17) is 47.4 Å². The molecule has 400 valence electrons. The van der Waals surface area contributed by atoms with Crippen LogP contribution in [0.4, 0.5) is 0 Å². The lowest BCUT2D eigenvalue weighted by Crippen LogP contribution is -2.53. The molecule has 0 saturated carbocycles. The first kappa shape index (κ1) is 56.3. The Morgan fingerprint density at radius 2 is 1.01 bits per heavy atom. The lowest BCUT2D eigenvalue weighted by Gasteiger charge is -2.47. The number of likely N-dealkylation sites (N-methyl/N-ethyl adjacent to an activating group) is 2. The van der Waals surface area contributed by atoms with Crippen LogP contribution in [0.1, 0.15) is 93.4 Å². The molecule has 4 unspecified atom stereocenters. The maximum Gasteiger partial charge on any atom is 0.306 e. The van der Waals surface area contributed by atoms with Crippen LogP contribution in [-0.4, -0.2) is 152 Å². The summed E-state index contributed by atoms with van der Waals surface area (Å²) in [5, 5.41) is 41.4. The molecule has 0 aromatic heterocycles. The van der Waals surface area contributed by atoms with Crippen LogP contribution in [0.15, 0.2) is 36.4 Å². The van der Waals surface area contributed by atoms with E-state index in [1.807, 2.05) is 36.4 Å². The quantitative estimate of drug-likeness (QED) is 0.0351. The number of hydrogen-bond acceptors (Lipinski definition) is 16. The van der Waals surface area contributed by atoms with Crippen molar-refractivity contribution in [1.82, 2.24) is 0 Å². The van der Waals surface area contributed by atoms with Gasteiger partial charge in [0, 0.05) is 54.4 Å². The Balaban J connectivity index is 1.09. The minimum atomic E-state index is -0.508. The highest BCUT2D eigenvalue weighted by Crippen LogP contribution is 2.52. The molecule has 0 aliphatic carbocycles. The first-order valence-corrected chi connectivity index (χ1v) is 24.7. The highest BCUT2D eigenvalue weighted by atomic mass is 16.5. The number of carbonyl (C=O) groups excluding carboxylic acids is 2. The second kappa shape index (κ2) is 25.3. The van der Waals surface area contributed by atoms with E-state index in [2.05, 4.69) is 14.1 Å². The Labute approximate surface area is 428 Å². The van der Waals surface area contributed by atoms with E-state index in [1.54, 1.807) is 42.7 Å². The van der Waals surface area contributed by atoms with Crippen molar-refractivity contribution in [2.24, 2.45) is 0 Å². The molecule has 4 aromatic carbocycles. The number of aliphatic hydroxyl groups excluding tert-OH is 4. The largest absolute Gasteiger partial charge is 0.496 e. The number of carbonyl (C=O) groups is 2. The van der Waals surface area contributed by atoms with Gasteiger partial charge in [-0.15, -0.1) is 0 Å². The van der Waals surface area contributed by atoms with Crippen LogP contribution in [0.2, 0.25) is 0 Å². The summed E-state index contributed by atoms with van der Waals surface area (Å²) in [4.78, 5) is 26.1. The number of esters is 2. The van der Waals surface area contributed by atoms with Crippen molar-refractivity contribution in [3.05, 3.63) is 92.0 Å². The molecular formula is C55H76N2O16+2. The Morgan fingerprint density at radius 3 is 1.53 bits per heavy atom. The van der Waals surface area contributed by atoms with Crippen LogP contribution < -0.4 is 37.9 Å². The number of benzene rings is 4. The fourth-order valence-electron chi connectivity index (χ4n) is 11.2. The van der Waals surface area contributed by atoms with E-state index in [-0.39, 0.29) is 64.6 Å². The molecule has 4 atom stereocenters.